The van der Waals surface area contributed by atoms with E-state index < -0.39 is 46.6 Å². The van der Waals surface area contributed by atoms with Gasteiger partial charge in [0.15, 0.2) is 23.3 Å². The first kappa shape index (κ1) is 14.2. The van der Waals surface area contributed by atoms with E-state index in [0.717, 1.165) is 0 Å². The molecule has 0 bridgehead atoms. The van der Waals surface area contributed by atoms with E-state index >= 15 is 0 Å². The molecule has 0 radical (unpaired) electrons. The summed E-state index contributed by atoms with van der Waals surface area (Å²) in [5.41, 5.74) is -1.58. The molecule has 1 aromatic carbocycles. The van der Waals surface area contributed by atoms with Gasteiger partial charge in [-0.25, -0.2) is 22.0 Å². The van der Waals surface area contributed by atoms with Crippen molar-refractivity contribution in [2.75, 3.05) is 0 Å². The van der Waals surface area contributed by atoms with Crippen LogP contribution in [-0.2, 0) is 0 Å². The lowest BCUT2D eigenvalue weighted by atomic mass is 10.1. The predicted molar refractivity (Wildman–Crippen MR) is 55.8 cm³/mol. The van der Waals surface area contributed by atoms with E-state index in [2.05, 4.69) is 0 Å². The number of halogens is 5. The Balaban J connectivity index is 2.37. The Labute approximate surface area is 110 Å². The minimum absolute atomic E-state index is 0.162. The van der Waals surface area contributed by atoms with Gasteiger partial charge in [-0.1, -0.05) is 0 Å². The smallest absolute Gasteiger partial charge is 0.258 e. The fraction of sp³-hybridized carbons (Fsp3) is 0.333. The molecule has 1 aromatic rings. The average molecular weight is 290 g/mol. The predicted octanol–water partition coefficient (Wildman–Crippen LogP) is 2.41. The zero-order valence-electron chi connectivity index (χ0n) is 9.81. The van der Waals surface area contributed by atoms with Crippen molar-refractivity contribution >= 4 is 5.91 Å². The summed E-state index contributed by atoms with van der Waals surface area (Å²) in [5.74, 6) is -12.8. The van der Waals surface area contributed by atoms with Crippen LogP contribution in [0.5, 0.6) is 0 Å². The van der Waals surface area contributed by atoms with Gasteiger partial charge in [0.25, 0.3) is 5.91 Å². The molecule has 1 aliphatic carbocycles. The van der Waals surface area contributed by atoms with Gasteiger partial charge in [-0.15, -0.1) is 0 Å². The van der Waals surface area contributed by atoms with Crippen LogP contribution in [0.25, 0.3) is 0 Å². The van der Waals surface area contributed by atoms with Crippen LogP contribution in [0, 0.1) is 46.3 Å². The second-order valence-corrected chi connectivity index (χ2v) is 4.36. The highest BCUT2D eigenvalue weighted by molar-refractivity contribution is 5.95. The summed E-state index contributed by atoms with van der Waals surface area (Å²) in [7, 11) is 0. The Morgan fingerprint density at radius 1 is 1.05 bits per heavy atom. The van der Waals surface area contributed by atoms with Crippen molar-refractivity contribution in [3.8, 4) is 6.07 Å². The first-order valence-electron chi connectivity index (χ1n) is 5.60. The molecule has 0 heterocycles. The van der Waals surface area contributed by atoms with Gasteiger partial charge in [-0.2, -0.15) is 5.26 Å². The second kappa shape index (κ2) is 5.07. The number of amides is 1. The molecule has 0 spiro atoms. The van der Waals surface area contributed by atoms with Crippen LogP contribution in [-0.4, -0.2) is 11.9 Å². The molecule has 1 fully saturated rings. The van der Waals surface area contributed by atoms with Crippen molar-refractivity contribution in [2.45, 2.75) is 18.9 Å². The number of carbonyl (C=O) groups is 1. The second-order valence-electron chi connectivity index (χ2n) is 4.36. The summed E-state index contributed by atoms with van der Waals surface area (Å²) >= 11 is 0. The van der Waals surface area contributed by atoms with Crippen LogP contribution in [0.2, 0.25) is 0 Å². The lowest BCUT2D eigenvalue weighted by molar-refractivity contribution is 0.0930. The zero-order valence-corrected chi connectivity index (χ0v) is 9.81. The largest absolute Gasteiger partial charge is 0.336 e. The first-order valence-corrected chi connectivity index (χ1v) is 5.60. The highest BCUT2D eigenvalue weighted by atomic mass is 19.2. The van der Waals surface area contributed by atoms with Crippen molar-refractivity contribution < 1.29 is 26.7 Å². The highest BCUT2D eigenvalue weighted by Gasteiger charge is 2.35. The van der Waals surface area contributed by atoms with Crippen LogP contribution < -0.4 is 5.32 Å². The lowest BCUT2D eigenvalue weighted by Gasteiger charge is -2.12. The average Bonchev–Trinajstić information content (AvgIpc) is 3.25. The minimum atomic E-state index is -2.34. The standard InChI is InChI=1S/C12H7F5N2O/c13-7-6(8(14)10(16)11(17)9(7)15)12(20)19-5(3-18)4-1-2-4/h4-5H,1-2H2,(H,19,20). The highest BCUT2D eigenvalue weighted by Crippen LogP contribution is 2.32. The van der Waals surface area contributed by atoms with Gasteiger partial charge in [0.1, 0.15) is 11.6 Å². The van der Waals surface area contributed by atoms with Gasteiger partial charge >= 0.3 is 0 Å². The van der Waals surface area contributed by atoms with Gasteiger partial charge in [-0.3, -0.25) is 4.79 Å². The fourth-order valence-electron chi connectivity index (χ4n) is 1.70. The van der Waals surface area contributed by atoms with Crippen molar-refractivity contribution in [1.82, 2.24) is 5.32 Å². The molecular formula is C12H7F5N2O. The quantitative estimate of drug-likeness (QED) is 0.528. The van der Waals surface area contributed by atoms with E-state index in [0.29, 0.717) is 12.8 Å². The molecule has 1 aliphatic rings. The number of rotatable bonds is 3. The molecule has 0 aliphatic heterocycles. The number of hydrogen-bond acceptors (Lipinski definition) is 2. The Bertz CT molecular complexity index is 592. The third-order valence-corrected chi connectivity index (χ3v) is 2.96. The number of hydrogen-bond donors (Lipinski definition) is 1. The lowest BCUT2D eigenvalue weighted by Crippen LogP contribution is -2.36. The number of nitriles is 1. The molecule has 1 amide bonds. The fourth-order valence-corrected chi connectivity index (χ4v) is 1.70. The van der Waals surface area contributed by atoms with Crippen LogP contribution in [0.4, 0.5) is 22.0 Å². The maximum Gasteiger partial charge on any atom is 0.258 e. The first-order chi connectivity index (χ1) is 9.38. The molecule has 3 nitrogen and oxygen atoms in total. The molecule has 0 aromatic heterocycles. The maximum atomic E-state index is 13.4. The summed E-state index contributed by atoms with van der Waals surface area (Å²) in [5, 5.41) is 10.7. The molecule has 1 saturated carbocycles. The van der Waals surface area contributed by atoms with Crippen molar-refractivity contribution in [3.63, 3.8) is 0 Å². The monoisotopic (exact) mass is 290 g/mol. The molecular weight excluding hydrogens is 283 g/mol. The Kier molecular flexibility index (Phi) is 3.61. The van der Waals surface area contributed by atoms with Crippen LogP contribution in [0.1, 0.15) is 23.2 Å². The van der Waals surface area contributed by atoms with E-state index in [-0.39, 0.29) is 5.92 Å². The van der Waals surface area contributed by atoms with Crippen LogP contribution >= 0.6 is 0 Å². The number of nitrogens with zero attached hydrogens (tertiary/aromatic N) is 1. The topological polar surface area (TPSA) is 52.9 Å². The summed E-state index contributed by atoms with van der Waals surface area (Å²) in [6, 6.07) is 0.690. The molecule has 20 heavy (non-hydrogen) atoms. The maximum absolute atomic E-state index is 13.4. The molecule has 0 saturated heterocycles. The minimum Gasteiger partial charge on any atom is -0.336 e. The van der Waals surface area contributed by atoms with Gasteiger partial charge in [0.2, 0.25) is 5.82 Å². The molecule has 106 valence electrons. The van der Waals surface area contributed by atoms with E-state index in [1.54, 1.807) is 6.07 Å². The number of carbonyl (C=O) groups excluding carboxylic acids is 1. The SMILES string of the molecule is N#CC(NC(=O)c1c(F)c(F)c(F)c(F)c1F)C1CC1. The van der Waals surface area contributed by atoms with E-state index in [9.17, 15) is 26.7 Å². The summed E-state index contributed by atoms with van der Waals surface area (Å²) in [6.07, 6.45) is 1.30. The van der Waals surface area contributed by atoms with Crippen LogP contribution in [0.3, 0.4) is 0 Å². The van der Waals surface area contributed by atoms with Gasteiger partial charge in [0, 0.05) is 0 Å². The van der Waals surface area contributed by atoms with E-state index in [1.165, 1.54) is 0 Å². The zero-order chi connectivity index (χ0) is 15.0. The summed E-state index contributed by atoms with van der Waals surface area (Å²) in [4.78, 5) is 11.6. The van der Waals surface area contributed by atoms with E-state index in [4.69, 9.17) is 5.26 Å². The molecule has 2 rings (SSSR count). The summed E-state index contributed by atoms with van der Waals surface area (Å²) < 4.78 is 65.4. The Hall–Kier alpha value is -2.17. The van der Waals surface area contributed by atoms with Gasteiger partial charge in [-0.05, 0) is 18.8 Å². The summed E-state index contributed by atoms with van der Waals surface area (Å²) in [6.45, 7) is 0. The molecule has 1 atom stereocenters. The molecule has 8 heteroatoms. The van der Waals surface area contributed by atoms with Crippen molar-refractivity contribution in [2.24, 2.45) is 5.92 Å². The molecule has 1 unspecified atom stereocenters. The van der Waals surface area contributed by atoms with Crippen LogP contribution in [0.15, 0.2) is 0 Å². The van der Waals surface area contributed by atoms with Gasteiger partial charge < -0.3 is 5.32 Å². The Morgan fingerprint density at radius 2 is 1.50 bits per heavy atom. The van der Waals surface area contributed by atoms with Crippen molar-refractivity contribution in [1.29, 1.82) is 5.26 Å². The third-order valence-electron chi connectivity index (χ3n) is 2.96. The number of nitrogens with one attached hydrogen (secondary N) is 1. The molecule has 1 N–H and O–H groups in total. The van der Waals surface area contributed by atoms with Gasteiger partial charge in [0.05, 0.1) is 6.07 Å². The van der Waals surface area contributed by atoms with Crippen molar-refractivity contribution in [3.05, 3.63) is 34.6 Å². The van der Waals surface area contributed by atoms with E-state index in [1.807, 2.05) is 5.32 Å². The number of benzene rings is 1. The Morgan fingerprint density at radius 3 is 1.90 bits per heavy atom. The normalized spacial score (nSPS) is 15.6. The third kappa shape index (κ3) is 2.31.